The molecule has 0 saturated carbocycles. The molecule has 1 aliphatic rings. The highest BCUT2D eigenvalue weighted by molar-refractivity contribution is 5.85. The Morgan fingerprint density at radius 3 is 2.67 bits per heavy atom. The van der Waals surface area contributed by atoms with E-state index in [0.29, 0.717) is 6.04 Å². The van der Waals surface area contributed by atoms with Gasteiger partial charge in [-0.05, 0) is 19.3 Å². The second kappa shape index (κ2) is 4.79. The molecule has 0 spiro atoms. The molecule has 0 bridgehead atoms. The molecule has 1 aliphatic carbocycles. The summed E-state index contributed by atoms with van der Waals surface area (Å²) in [7, 11) is 0. The largest absolute Gasteiger partial charge is 0.271 e. The predicted molar refractivity (Wildman–Crippen MR) is 41.4 cm³/mol. The molecule has 0 aliphatic heterocycles. The first-order valence-corrected chi connectivity index (χ1v) is 3.06. The predicted octanol–water partition coefficient (Wildman–Crippen LogP) is 0.980. The molecule has 1 unspecified atom stereocenters. The van der Waals surface area contributed by atoms with E-state index in [-0.39, 0.29) is 12.4 Å². The first-order valence-electron chi connectivity index (χ1n) is 3.06. The van der Waals surface area contributed by atoms with E-state index in [4.69, 9.17) is 5.84 Å². The third-order valence-corrected chi connectivity index (χ3v) is 1.47. The Morgan fingerprint density at radius 1 is 1.56 bits per heavy atom. The summed E-state index contributed by atoms with van der Waals surface area (Å²) in [6.07, 6.45) is 7.98. The lowest BCUT2D eigenvalue weighted by Crippen LogP contribution is -2.34. The van der Waals surface area contributed by atoms with Crippen LogP contribution in [0.2, 0.25) is 0 Å². The number of halogens is 1. The molecule has 3 heteroatoms. The van der Waals surface area contributed by atoms with E-state index in [1.165, 1.54) is 19.3 Å². The van der Waals surface area contributed by atoms with Crippen LogP contribution in [0, 0.1) is 0 Å². The summed E-state index contributed by atoms with van der Waals surface area (Å²) in [5.41, 5.74) is 2.72. The number of nitrogens with two attached hydrogens (primary N) is 1. The fourth-order valence-corrected chi connectivity index (χ4v) is 0.951. The minimum Gasteiger partial charge on any atom is -0.271 e. The van der Waals surface area contributed by atoms with Crippen LogP contribution in [-0.4, -0.2) is 6.04 Å². The molecule has 0 aromatic rings. The highest BCUT2D eigenvalue weighted by Gasteiger charge is 2.03. The van der Waals surface area contributed by atoms with Crippen molar-refractivity contribution in [2.45, 2.75) is 25.3 Å². The zero-order chi connectivity index (χ0) is 5.82. The van der Waals surface area contributed by atoms with Gasteiger partial charge >= 0.3 is 0 Å². The van der Waals surface area contributed by atoms with Crippen LogP contribution >= 0.6 is 12.4 Å². The molecule has 0 aromatic heterocycles. The number of hydrogen-bond donors (Lipinski definition) is 2. The summed E-state index contributed by atoms with van der Waals surface area (Å²) in [6, 6.07) is 0.434. The smallest absolute Gasteiger partial charge is 0.0390 e. The zero-order valence-electron chi connectivity index (χ0n) is 5.34. The lowest BCUT2D eigenvalue weighted by Gasteiger charge is -2.13. The Morgan fingerprint density at radius 2 is 2.33 bits per heavy atom. The molecule has 3 N–H and O–H groups in total. The molecular formula is C6H13ClN2. The lowest BCUT2D eigenvalue weighted by molar-refractivity contribution is 0.538. The molecule has 0 aromatic carbocycles. The molecule has 0 radical (unpaired) electrons. The average molecular weight is 149 g/mol. The van der Waals surface area contributed by atoms with Crippen LogP contribution in [0.1, 0.15) is 19.3 Å². The van der Waals surface area contributed by atoms with Crippen LogP contribution in [0.3, 0.4) is 0 Å². The molecule has 54 valence electrons. The van der Waals surface area contributed by atoms with E-state index in [2.05, 4.69) is 17.6 Å². The fraction of sp³-hybridized carbons (Fsp3) is 0.667. The molecule has 9 heavy (non-hydrogen) atoms. The standard InChI is InChI=1S/C6H12N2.ClH/c7-8-6-4-2-1-3-5-6;/h2,4,6,8H,1,3,5,7H2;1H. The minimum atomic E-state index is 0. The molecule has 0 amide bonds. The summed E-state index contributed by atoms with van der Waals surface area (Å²) in [5.74, 6) is 5.20. The number of hydrazine groups is 1. The van der Waals surface area contributed by atoms with Crippen LogP contribution in [0.4, 0.5) is 0 Å². The van der Waals surface area contributed by atoms with Crippen LogP contribution in [-0.2, 0) is 0 Å². The Bertz CT molecular complexity index is 93.1. The Labute approximate surface area is 61.9 Å². The highest BCUT2D eigenvalue weighted by Crippen LogP contribution is 2.08. The quantitative estimate of drug-likeness (QED) is 0.331. The van der Waals surface area contributed by atoms with Gasteiger partial charge in [-0.15, -0.1) is 12.4 Å². The molecule has 1 rings (SSSR count). The third kappa shape index (κ3) is 2.84. The van der Waals surface area contributed by atoms with Crippen LogP contribution in [0.25, 0.3) is 0 Å². The van der Waals surface area contributed by atoms with E-state index >= 15 is 0 Å². The van der Waals surface area contributed by atoms with Gasteiger partial charge < -0.3 is 0 Å². The molecule has 0 heterocycles. The van der Waals surface area contributed by atoms with Gasteiger partial charge in [0.15, 0.2) is 0 Å². The maximum Gasteiger partial charge on any atom is 0.0390 e. The van der Waals surface area contributed by atoms with Crippen LogP contribution in [0.15, 0.2) is 12.2 Å². The number of hydrogen-bond acceptors (Lipinski definition) is 2. The second-order valence-electron chi connectivity index (χ2n) is 2.13. The van der Waals surface area contributed by atoms with Gasteiger partial charge in [-0.3, -0.25) is 11.3 Å². The zero-order valence-corrected chi connectivity index (χ0v) is 6.16. The summed E-state index contributed by atoms with van der Waals surface area (Å²) in [5, 5.41) is 0. The first-order chi connectivity index (χ1) is 3.93. The fourth-order valence-electron chi connectivity index (χ4n) is 0.951. The SMILES string of the molecule is Cl.NNC1C=CCCC1. The van der Waals surface area contributed by atoms with Gasteiger partial charge in [0.25, 0.3) is 0 Å². The van der Waals surface area contributed by atoms with Gasteiger partial charge in [0.2, 0.25) is 0 Å². The Balaban J connectivity index is 0.000000640. The average Bonchev–Trinajstić information content (AvgIpc) is 1.90. The topological polar surface area (TPSA) is 38.0 Å². The van der Waals surface area contributed by atoms with Gasteiger partial charge in [-0.25, -0.2) is 0 Å². The van der Waals surface area contributed by atoms with Gasteiger partial charge in [0.05, 0.1) is 0 Å². The van der Waals surface area contributed by atoms with Crippen molar-refractivity contribution >= 4 is 12.4 Å². The highest BCUT2D eigenvalue weighted by atomic mass is 35.5. The molecule has 0 saturated heterocycles. The normalized spacial score (nSPS) is 25.2. The van der Waals surface area contributed by atoms with Gasteiger partial charge in [-0.2, -0.15) is 0 Å². The van der Waals surface area contributed by atoms with Crippen LogP contribution in [0.5, 0.6) is 0 Å². The van der Waals surface area contributed by atoms with Crippen molar-refractivity contribution in [2.24, 2.45) is 5.84 Å². The Hall–Kier alpha value is -0.0500. The first kappa shape index (κ1) is 8.95. The summed E-state index contributed by atoms with van der Waals surface area (Å²) < 4.78 is 0. The second-order valence-corrected chi connectivity index (χ2v) is 2.13. The number of allylic oxidation sites excluding steroid dienone is 1. The monoisotopic (exact) mass is 148 g/mol. The van der Waals surface area contributed by atoms with Crippen molar-refractivity contribution in [3.05, 3.63) is 12.2 Å². The van der Waals surface area contributed by atoms with E-state index in [1.54, 1.807) is 0 Å². The lowest BCUT2D eigenvalue weighted by atomic mass is 10.0. The molecule has 0 fully saturated rings. The minimum absolute atomic E-state index is 0. The molecule has 2 nitrogen and oxygen atoms in total. The van der Waals surface area contributed by atoms with Crippen molar-refractivity contribution in [3.8, 4) is 0 Å². The molecular weight excluding hydrogens is 136 g/mol. The van der Waals surface area contributed by atoms with Crippen molar-refractivity contribution in [2.75, 3.05) is 0 Å². The van der Waals surface area contributed by atoms with Crippen molar-refractivity contribution in [3.63, 3.8) is 0 Å². The van der Waals surface area contributed by atoms with Crippen molar-refractivity contribution in [1.29, 1.82) is 0 Å². The van der Waals surface area contributed by atoms with Crippen molar-refractivity contribution in [1.82, 2.24) is 5.43 Å². The third-order valence-electron chi connectivity index (χ3n) is 1.47. The van der Waals surface area contributed by atoms with E-state index in [1.807, 2.05) is 0 Å². The van der Waals surface area contributed by atoms with Crippen molar-refractivity contribution < 1.29 is 0 Å². The summed E-state index contributed by atoms with van der Waals surface area (Å²) in [6.45, 7) is 0. The van der Waals surface area contributed by atoms with Gasteiger partial charge in [0.1, 0.15) is 0 Å². The van der Waals surface area contributed by atoms with Gasteiger partial charge in [-0.1, -0.05) is 12.2 Å². The van der Waals surface area contributed by atoms with E-state index in [0.717, 1.165) is 0 Å². The Kier molecular flexibility index (Phi) is 4.77. The summed E-state index contributed by atoms with van der Waals surface area (Å²) in [4.78, 5) is 0. The maximum absolute atomic E-state index is 5.20. The number of rotatable bonds is 1. The maximum atomic E-state index is 5.20. The van der Waals surface area contributed by atoms with Crippen LogP contribution < -0.4 is 11.3 Å². The summed E-state index contributed by atoms with van der Waals surface area (Å²) >= 11 is 0. The van der Waals surface area contributed by atoms with E-state index in [9.17, 15) is 0 Å². The van der Waals surface area contributed by atoms with Gasteiger partial charge in [0, 0.05) is 6.04 Å². The molecule has 1 atom stereocenters. The number of nitrogens with one attached hydrogen (secondary N) is 1. The van der Waals surface area contributed by atoms with E-state index < -0.39 is 0 Å².